The first-order valence-corrected chi connectivity index (χ1v) is 5.53. The highest BCUT2D eigenvalue weighted by molar-refractivity contribution is 6.29. The van der Waals surface area contributed by atoms with Gasteiger partial charge in [-0.25, -0.2) is 0 Å². The molecule has 0 aliphatic carbocycles. The molecule has 0 rings (SSSR count). The molecule has 0 saturated heterocycles. The van der Waals surface area contributed by atoms with Crippen LogP contribution in [0.25, 0.3) is 0 Å². The Morgan fingerprint density at radius 1 is 1.21 bits per heavy atom. The van der Waals surface area contributed by atoms with Crippen LogP contribution in [-0.2, 0) is 9.53 Å². The fourth-order valence-corrected chi connectivity index (χ4v) is 1.31. The Kier molecular flexibility index (Phi) is 8.75. The maximum atomic E-state index is 10.9. The van der Waals surface area contributed by atoms with Crippen molar-refractivity contribution in [3.63, 3.8) is 0 Å². The number of carbonyl (C=O) groups excluding carboxylic acids is 1. The second-order valence-electron chi connectivity index (χ2n) is 3.24. The van der Waals surface area contributed by atoms with Crippen LogP contribution >= 0.6 is 11.6 Å². The highest BCUT2D eigenvalue weighted by Gasteiger charge is 2.00. The second-order valence-corrected chi connectivity index (χ2v) is 3.77. The summed E-state index contributed by atoms with van der Waals surface area (Å²) in [7, 11) is 0. The van der Waals surface area contributed by atoms with Crippen molar-refractivity contribution in [3.8, 4) is 0 Å². The van der Waals surface area contributed by atoms with E-state index in [9.17, 15) is 4.79 Å². The van der Waals surface area contributed by atoms with Crippen molar-refractivity contribution in [2.45, 2.75) is 45.4 Å². The Bertz CT molecular complexity index is 178. The van der Waals surface area contributed by atoms with E-state index in [-0.39, 0.29) is 5.97 Å². The Hall–Kier alpha value is -0.500. The monoisotopic (exact) mass is 218 g/mol. The van der Waals surface area contributed by atoms with Gasteiger partial charge in [0, 0.05) is 11.5 Å². The van der Waals surface area contributed by atoms with Crippen molar-refractivity contribution in [2.24, 2.45) is 0 Å². The Labute approximate surface area is 91.3 Å². The Balaban J connectivity index is 3.13. The van der Waals surface area contributed by atoms with Crippen molar-refractivity contribution in [1.82, 2.24) is 0 Å². The molecule has 0 atom stereocenters. The predicted molar refractivity (Wildman–Crippen MR) is 59.3 cm³/mol. The highest BCUT2D eigenvalue weighted by atomic mass is 35.5. The molecule has 0 aromatic rings. The molecular weight excluding hydrogens is 200 g/mol. The Morgan fingerprint density at radius 2 is 1.79 bits per heavy atom. The van der Waals surface area contributed by atoms with Gasteiger partial charge in [0.1, 0.15) is 0 Å². The van der Waals surface area contributed by atoms with Crippen LogP contribution in [0.3, 0.4) is 0 Å². The summed E-state index contributed by atoms with van der Waals surface area (Å²) in [5.74, 6) is -0.0887. The fourth-order valence-electron chi connectivity index (χ4n) is 1.17. The third kappa shape index (κ3) is 9.59. The molecule has 0 heterocycles. The first kappa shape index (κ1) is 13.5. The average Bonchev–Trinajstić information content (AvgIpc) is 2.11. The quantitative estimate of drug-likeness (QED) is 0.459. The van der Waals surface area contributed by atoms with E-state index in [2.05, 4.69) is 6.58 Å². The summed E-state index contributed by atoms with van der Waals surface area (Å²) in [5.41, 5.74) is 0. The van der Waals surface area contributed by atoms with Gasteiger partial charge < -0.3 is 4.74 Å². The Morgan fingerprint density at radius 3 is 2.29 bits per heavy atom. The number of unbranched alkanes of at least 4 members (excludes halogenated alkanes) is 3. The van der Waals surface area contributed by atoms with Gasteiger partial charge in [0.25, 0.3) is 0 Å². The van der Waals surface area contributed by atoms with Gasteiger partial charge in [0.05, 0.1) is 6.61 Å². The molecule has 82 valence electrons. The lowest BCUT2D eigenvalue weighted by Gasteiger charge is -2.01. The lowest BCUT2D eigenvalue weighted by Crippen LogP contribution is -2.03. The molecule has 3 heteroatoms. The number of hydrogen-bond donors (Lipinski definition) is 0. The molecule has 14 heavy (non-hydrogen) atoms. The van der Waals surface area contributed by atoms with Crippen molar-refractivity contribution in [1.29, 1.82) is 0 Å². The van der Waals surface area contributed by atoms with Crippen LogP contribution in [0.1, 0.15) is 45.4 Å². The lowest BCUT2D eigenvalue weighted by atomic mass is 10.1. The van der Waals surface area contributed by atoms with E-state index >= 15 is 0 Å². The first-order valence-electron chi connectivity index (χ1n) is 5.15. The lowest BCUT2D eigenvalue weighted by molar-refractivity contribution is -0.143. The van der Waals surface area contributed by atoms with E-state index < -0.39 is 0 Å². The van der Waals surface area contributed by atoms with Gasteiger partial charge in [-0.05, 0) is 26.2 Å². The SMILES string of the molecule is C=C(Cl)CCCCCCC(=O)OCC. The number of esters is 1. The summed E-state index contributed by atoms with van der Waals surface area (Å²) in [6.45, 7) is 5.92. The minimum absolute atomic E-state index is 0.0887. The number of halogens is 1. The van der Waals surface area contributed by atoms with E-state index in [0.29, 0.717) is 13.0 Å². The van der Waals surface area contributed by atoms with Crippen LogP contribution in [0.4, 0.5) is 0 Å². The molecule has 0 spiro atoms. The standard InChI is InChI=1S/C11H19ClO2/c1-3-14-11(13)9-7-5-4-6-8-10(2)12/h2-9H2,1H3. The van der Waals surface area contributed by atoms with Crippen LogP contribution in [-0.4, -0.2) is 12.6 Å². The zero-order chi connectivity index (χ0) is 10.8. The van der Waals surface area contributed by atoms with Crippen LogP contribution in [0.5, 0.6) is 0 Å². The number of ether oxygens (including phenoxy) is 1. The third-order valence-corrected chi connectivity index (χ3v) is 2.07. The molecule has 0 bridgehead atoms. The molecule has 0 saturated carbocycles. The molecule has 0 aromatic heterocycles. The van der Waals surface area contributed by atoms with Gasteiger partial charge in [-0.1, -0.05) is 31.0 Å². The molecule has 2 nitrogen and oxygen atoms in total. The van der Waals surface area contributed by atoms with Crippen molar-refractivity contribution < 1.29 is 9.53 Å². The summed E-state index contributed by atoms with van der Waals surface area (Å²) in [6.07, 6.45) is 5.55. The van der Waals surface area contributed by atoms with Gasteiger partial charge in [-0.3, -0.25) is 4.79 Å². The summed E-state index contributed by atoms with van der Waals surface area (Å²) >= 11 is 5.61. The van der Waals surface area contributed by atoms with Crippen LogP contribution in [0.2, 0.25) is 0 Å². The molecule has 0 radical (unpaired) electrons. The van der Waals surface area contributed by atoms with Gasteiger partial charge >= 0.3 is 5.97 Å². The maximum absolute atomic E-state index is 10.9. The number of allylic oxidation sites excluding steroid dienone is 1. The van der Waals surface area contributed by atoms with Gasteiger partial charge in [0.2, 0.25) is 0 Å². The van der Waals surface area contributed by atoms with E-state index in [1.54, 1.807) is 0 Å². The molecule has 0 N–H and O–H groups in total. The van der Waals surface area contributed by atoms with Crippen LogP contribution in [0.15, 0.2) is 11.6 Å². The molecule has 0 amide bonds. The average molecular weight is 219 g/mol. The second kappa shape index (κ2) is 9.07. The van der Waals surface area contributed by atoms with Crippen molar-refractivity contribution in [3.05, 3.63) is 11.6 Å². The topological polar surface area (TPSA) is 26.3 Å². The third-order valence-electron chi connectivity index (χ3n) is 1.88. The van der Waals surface area contributed by atoms with Crippen LogP contribution in [0, 0.1) is 0 Å². The van der Waals surface area contributed by atoms with Gasteiger partial charge in [-0.15, -0.1) is 0 Å². The van der Waals surface area contributed by atoms with E-state index in [4.69, 9.17) is 16.3 Å². The molecule has 0 aromatic carbocycles. The highest BCUT2D eigenvalue weighted by Crippen LogP contribution is 2.12. The van der Waals surface area contributed by atoms with Crippen molar-refractivity contribution in [2.75, 3.05) is 6.61 Å². The maximum Gasteiger partial charge on any atom is 0.305 e. The summed E-state index contributed by atoms with van der Waals surface area (Å²) in [4.78, 5) is 10.9. The smallest absolute Gasteiger partial charge is 0.305 e. The van der Waals surface area contributed by atoms with E-state index in [0.717, 1.165) is 37.1 Å². The van der Waals surface area contributed by atoms with Crippen molar-refractivity contribution >= 4 is 17.6 Å². The predicted octanol–water partition coefficient (Wildman–Crippen LogP) is 3.64. The minimum atomic E-state index is -0.0887. The fraction of sp³-hybridized carbons (Fsp3) is 0.727. The van der Waals surface area contributed by atoms with Gasteiger partial charge in [-0.2, -0.15) is 0 Å². The van der Waals surface area contributed by atoms with Crippen LogP contribution < -0.4 is 0 Å². The normalized spacial score (nSPS) is 9.86. The number of carbonyl (C=O) groups is 1. The molecule has 0 fully saturated rings. The number of rotatable bonds is 8. The molecule has 0 aliphatic rings. The molecular formula is C11H19ClO2. The molecule has 0 unspecified atom stereocenters. The number of hydrogen-bond acceptors (Lipinski definition) is 2. The summed E-state index contributed by atoms with van der Waals surface area (Å²) in [5, 5.41) is 0.718. The van der Waals surface area contributed by atoms with Gasteiger partial charge in [0.15, 0.2) is 0 Å². The zero-order valence-corrected chi connectivity index (χ0v) is 9.61. The minimum Gasteiger partial charge on any atom is -0.466 e. The summed E-state index contributed by atoms with van der Waals surface area (Å²) < 4.78 is 4.81. The summed E-state index contributed by atoms with van der Waals surface area (Å²) in [6, 6.07) is 0. The van der Waals surface area contributed by atoms with E-state index in [1.165, 1.54) is 0 Å². The molecule has 0 aliphatic heterocycles. The van der Waals surface area contributed by atoms with E-state index in [1.807, 2.05) is 6.92 Å². The first-order chi connectivity index (χ1) is 6.66. The largest absolute Gasteiger partial charge is 0.466 e. The zero-order valence-electron chi connectivity index (χ0n) is 8.85.